The summed E-state index contributed by atoms with van der Waals surface area (Å²) in [5.74, 6) is 0. The van der Waals surface area contributed by atoms with Gasteiger partial charge in [0.05, 0.1) is 4.92 Å². The molecule has 1 aromatic carbocycles. The van der Waals surface area contributed by atoms with Gasteiger partial charge in [-0.2, -0.15) is 0 Å². The van der Waals surface area contributed by atoms with Crippen molar-refractivity contribution in [3.8, 4) is 0 Å². The number of nitro benzene ring substituents is 1. The van der Waals surface area contributed by atoms with Crippen molar-refractivity contribution in [2.75, 3.05) is 0 Å². The van der Waals surface area contributed by atoms with Gasteiger partial charge in [-0.25, -0.2) is 0 Å². The van der Waals surface area contributed by atoms with Gasteiger partial charge in [0.25, 0.3) is 5.69 Å². The fraction of sp³-hybridized carbons (Fsp3) is 0.455. The van der Waals surface area contributed by atoms with Crippen LogP contribution in [0, 0.1) is 10.1 Å². The highest BCUT2D eigenvalue weighted by Crippen LogP contribution is 2.15. The van der Waals surface area contributed by atoms with Crippen LogP contribution >= 0.6 is 11.6 Å². The number of rotatable bonds is 5. The van der Waals surface area contributed by atoms with Crippen molar-refractivity contribution in [2.24, 2.45) is 0 Å². The minimum absolute atomic E-state index is 0.136. The van der Waals surface area contributed by atoms with Crippen LogP contribution in [0.25, 0.3) is 0 Å². The van der Waals surface area contributed by atoms with Crippen LogP contribution in [0.15, 0.2) is 24.3 Å². The van der Waals surface area contributed by atoms with E-state index in [1.807, 2.05) is 6.92 Å². The molecule has 0 radical (unpaired) electrons. The molecule has 0 bridgehead atoms. The maximum atomic E-state index is 10.4. The van der Waals surface area contributed by atoms with Gasteiger partial charge >= 0.3 is 0 Å². The van der Waals surface area contributed by atoms with Crippen molar-refractivity contribution < 1.29 is 4.92 Å². The van der Waals surface area contributed by atoms with Crippen LogP contribution in [0.3, 0.4) is 0 Å². The molecule has 0 saturated carbocycles. The third-order valence-corrected chi connectivity index (χ3v) is 2.86. The summed E-state index contributed by atoms with van der Waals surface area (Å²) < 4.78 is 0. The van der Waals surface area contributed by atoms with Gasteiger partial charge in [-0.05, 0) is 24.8 Å². The molecule has 15 heavy (non-hydrogen) atoms. The van der Waals surface area contributed by atoms with Gasteiger partial charge in [0.15, 0.2) is 0 Å². The summed E-state index contributed by atoms with van der Waals surface area (Å²) in [4.78, 5) is 10.0. The summed E-state index contributed by atoms with van der Waals surface area (Å²) in [6, 6.07) is 6.64. The molecule has 0 fully saturated rings. The maximum Gasteiger partial charge on any atom is 0.269 e. The van der Waals surface area contributed by atoms with Crippen LogP contribution in [-0.4, -0.2) is 10.3 Å². The van der Waals surface area contributed by atoms with E-state index in [0.29, 0.717) is 0 Å². The molecule has 1 atom stereocenters. The van der Waals surface area contributed by atoms with Crippen LogP contribution in [0.5, 0.6) is 0 Å². The lowest BCUT2D eigenvalue weighted by atomic mass is 10.1. The number of non-ortho nitro benzene ring substituents is 1. The van der Waals surface area contributed by atoms with Crippen molar-refractivity contribution in [2.45, 2.75) is 31.6 Å². The lowest BCUT2D eigenvalue weighted by Gasteiger charge is -2.05. The van der Waals surface area contributed by atoms with E-state index in [-0.39, 0.29) is 16.0 Å². The average Bonchev–Trinajstić information content (AvgIpc) is 2.26. The van der Waals surface area contributed by atoms with Crippen LogP contribution in [-0.2, 0) is 6.42 Å². The second-order valence-electron chi connectivity index (χ2n) is 3.47. The van der Waals surface area contributed by atoms with Crippen molar-refractivity contribution in [1.82, 2.24) is 0 Å². The number of halogens is 1. The third kappa shape index (κ3) is 3.88. The molecule has 0 aliphatic heterocycles. The SMILES string of the molecule is CCC(Cl)CCc1ccc([N+](=O)[O-])cc1. The van der Waals surface area contributed by atoms with Gasteiger partial charge in [0.1, 0.15) is 0 Å². The van der Waals surface area contributed by atoms with E-state index in [0.717, 1.165) is 24.8 Å². The van der Waals surface area contributed by atoms with Crippen LogP contribution in [0.4, 0.5) is 5.69 Å². The summed E-state index contributed by atoms with van der Waals surface area (Å²) in [6.45, 7) is 2.05. The smallest absolute Gasteiger partial charge is 0.258 e. The highest BCUT2D eigenvalue weighted by Gasteiger charge is 2.05. The zero-order valence-corrected chi connectivity index (χ0v) is 9.41. The molecule has 0 spiro atoms. The summed E-state index contributed by atoms with van der Waals surface area (Å²) in [5, 5.41) is 10.6. The zero-order chi connectivity index (χ0) is 11.3. The molecule has 0 heterocycles. The minimum atomic E-state index is -0.389. The maximum absolute atomic E-state index is 10.4. The first kappa shape index (κ1) is 12.0. The Hall–Kier alpha value is -1.09. The third-order valence-electron chi connectivity index (χ3n) is 2.34. The Labute approximate surface area is 94.2 Å². The van der Waals surface area contributed by atoms with Gasteiger partial charge < -0.3 is 0 Å². The Bertz CT molecular complexity index is 324. The van der Waals surface area contributed by atoms with E-state index in [2.05, 4.69) is 0 Å². The van der Waals surface area contributed by atoms with Crippen LogP contribution < -0.4 is 0 Å². The fourth-order valence-corrected chi connectivity index (χ4v) is 1.42. The molecule has 82 valence electrons. The second kappa shape index (κ2) is 5.71. The number of alkyl halides is 1. The summed E-state index contributed by atoms with van der Waals surface area (Å²) in [7, 11) is 0. The highest BCUT2D eigenvalue weighted by molar-refractivity contribution is 6.20. The molecule has 1 aromatic rings. The predicted molar refractivity (Wildman–Crippen MR) is 61.3 cm³/mol. The second-order valence-corrected chi connectivity index (χ2v) is 4.08. The van der Waals surface area contributed by atoms with Crippen LogP contribution in [0.1, 0.15) is 25.3 Å². The first-order chi connectivity index (χ1) is 7.13. The van der Waals surface area contributed by atoms with Gasteiger partial charge in [0, 0.05) is 17.5 Å². The molecule has 1 rings (SSSR count). The fourth-order valence-electron chi connectivity index (χ4n) is 1.31. The molecule has 0 aliphatic carbocycles. The standard InChI is InChI=1S/C11H14ClNO2/c1-2-10(12)6-3-9-4-7-11(8-5-9)13(14)15/h4-5,7-8,10H,2-3,6H2,1H3. The molecule has 4 heteroatoms. The Morgan fingerprint density at radius 1 is 1.40 bits per heavy atom. The molecule has 0 aliphatic rings. The number of nitro groups is 1. The predicted octanol–water partition coefficient (Wildman–Crippen LogP) is 3.54. The summed E-state index contributed by atoms with van der Waals surface area (Å²) >= 11 is 5.99. The summed E-state index contributed by atoms with van der Waals surface area (Å²) in [5.41, 5.74) is 1.23. The molecular formula is C11H14ClNO2. The van der Waals surface area contributed by atoms with E-state index in [1.54, 1.807) is 12.1 Å². The van der Waals surface area contributed by atoms with E-state index in [4.69, 9.17) is 11.6 Å². The number of benzene rings is 1. The highest BCUT2D eigenvalue weighted by atomic mass is 35.5. The normalized spacial score (nSPS) is 12.4. The monoisotopic (exact) mass is 227 g/mol. The van der Waals surface area contributed by atoms with Crippen molar-refractivity contribution >= 4 is 17.3 Å². The average molecular weight is 228 g/mol. The lowest BCUT2D eigenvalue weighted by Crippen LogP contribution is -1.98. The van der Waals surface area contributed by atoms with Gasteiger partial charge in [-0.15, -0.1) is 11.6 Å². The first-order valence-electron chi connectivity index (χ1n) is 5.01. The van der Waals surface area contributed by atoms with E-state index >= 15 is 0 Å². The van der Waals surface area contributed by atoms with E-state index < -0.39 is 0 Å². The molecule has 0 aromatic heterocycles. The van der Waals surface area contributed by atoms with Gasteiger partial charge in [-0.3, -0.25) is 10.1 Å². The van der Waals surface area contributed by atoms with Crippen molar-refractivity contribution in [3.63, 3.8) is 0 Å². The van der Waals surface area contributed by atoms with Gasteiger partial charge in [0.2, 0.25) is 0 Å². The topological polar surface area (TPSA) is 43.1 Å². The number of aryl methyl sites for hydroxylation is 1. The van der Waals surface area contributed by atoms with E-state index in [1.165, 1.54) is 12.1 Å². The van der Waals surface area contributed by atoms with Crippen LogP contribution in [0.2, 0.25) is 0 Å². The zero-order valence-electron chi connectivity index (χ0n) is 8.65. The molecule has 3 nitrogen and oxygen atoms in total. The summed E-state index contributed by atoms with van der Waals surface area (Å²) in [6.07, 6.45) is 2.74. The van der Waals surface area contributed by atoms with E-state index in [9.17, 15) is 10.1 Å². The Morgan fingerprint density at radius 3 is 2.47 bits per heavy atom. The number of hydrogen-bond donors (Lipinski definition) is 0. The first-order valence-corrected chi connectivity index (χ1v) is 5.44. The Balaban J connectivity index is 2.53. The lowest BCUT2D eigenvalue weighted by molar-refractivity contribution is -0.384. The Kier molecular flexibility index (Phi) is 4.56. The number of hydrogen-bond acceptors (Lipinski definition) is 2. The largest absolute Gasteiger partial charge is 0.269 e. The minimum Gasteiger partial charge on any atom is -0.258 e. The molecule has 1 unspecified atom stereocenters. The van der Waals surface area contributed by atoms with Crippen molar-refractivity contribution in [1.29, 1.82) is 0 Å². The Morgan fingerprint density at radius 2 is 2.00 bits per heavy atom. The number of nitrogens with zero attached hydrogens (tertiary/aromatic N) is 1. The molecule has 0 saturated heterocycles. The van der Waals surface area contributed by atoms with Gasteiger partial charge in [-0.1, -0.05) is 19.1 Å². The molecule has 0 N–H and O–H groups in total. The molecule has 0 amide bonds. The quantitative estimate of drug-likeness (QED) is 0.439. The van der Waals surface area contributed by atoms with Crippen molar-refractivity contribution in [3.05, 3.63) is 39.9 Å². The molecular weight excluding hydrogens is 214 g/mol.